The Bertz CT molecular complexity index is 478. The van der Waals surface area contributed by atoms with Gasteiger partial charge in [0.2, 0.25) is 0 Å². The van der Waals surface area contributed by atoms with Gasteiger partial charge in [-0.25, -0.2) is 0 Å². The summed E-state index contributed by atoms with van der Waals surface area (Å²) in [5.74, 6) is 1.94. The summed E-state index contributed by atoms with van der Waals surface area (Å²) < 4.78 is 5.46. The third-order valence-corrected chi connectivity index (χ3v) is 6.15. The molecule has 1 N–H and O–H groups in total. The maximum atomic E-state index is 10.2. The molecule has 0 radical (unpaired) electrons. The van der Waals surface area contributed by atoms with E-state index in [0.29, 0.717) is 16.9 Å². The molecule has 1 unspecified atom stereocenters. The topological polar surface area (TPSA) is 29.5 Å². The number of fused-ring (bicyclic) bond motifs is 2. The molecule has 0 aromatic rings. The van der Waals surface area contributed by atoms with E-state index >= 15 is 0 Å². The Kier molecular flexibility index (Phi) is 3.23. The molecule has 0 aliphatic heterocycles. The first-order valence-corrected chi connectivity index (χ1v) is 7.83. The zero-order chi connectivity index (χ0) is 14.4. The Labute approximate surface area is 122 Å². The van der Waals surface area contributed by atoms with Crippen molar-refractivity contribution < 1.29 is 9.84 Å². The predicted molar refractivity (Wildman–Crippen MR) is 81.3 cm³/mol. The van der Waals surface area contributed by atoms with E-state index in [0.717, 1.165) is 24.3 Å². The van der Waals surface area contributed by atoms with Gasteiger partial charge in [0.25, 0.3) is 0 Å². The van der Waals surface area contributed by atoms with Crippen molar-refractivity contribution in [3.05, 3.63) is 35.8 Å². The Balaban J connectivity index is 2.06. The van der Waals surface area contributed by atoms with E-state index in [4.69, 9.17) is 4.74 Å². The number of hydrogen-bond acceptors (Lipinski definition) is 2. The second-order valence-electron chi connectivity index (χ2n) is 7.10. The standard InChI is InChI=1S/C18H26O2/c1-4-7-18(17-8-5-14(11-17)6-9-17)10-13(2)16(19)15(12-18)20-3/h4,12,14,19H,1,5-11H2,2-3H3. The molecule has 2 heteroatoms. The quantitative estimate of drug-likeness (QED) is 0.739. The fraction of sp³-hybridized carbons (Fsp3) is 0.667. The highest BCUT2D eigenvalue weighted by Gasteiger charge is 2.57. The van der Waals surface area contributed by atoms with E-state index in [1.54, 1.807) is 7.11 Å². The van der Waals surface area contributed by atoms with Gasteiger partial charge in [0.1, 0.15) is 0 Å². The molecule has 0 aromatic carbocycles. The van der Waals surface area contributed by atoms with Crippen molar-refractivity contribution in [1.82, 2.24) is 0 Å². The first-order valence-electron chi connectivity index (χ1n) is 7.83. The maximum Gasteiger partial charge on any atom is 0.157 e. The second-order valence-corrected chi connectivity index (χ2v) is 7.10. The molecule has 0 spiro atoms. The van der Waals surface area contributed by atoms with Crippen LogP contribution in [0.5, 0.6) is 0 Å². The lowest BCUT2D eigenvalue weighted by atomic mass is 9.56. The minimum Gasteiger partial charge on any atom is -0.504 e. The van der Waals surface area contributed by atoms with Crippen LogP contribution in [0, 0.1) is 16.7 Å². The number of rotatable bonds is 4. The van der Waals surface area contributed by atoms with Gasteiger partial charge in [-0.3, -0.25) is 0 Å². The third-order valence-electron chi connectivity index (χ3n) is 6.15. The van der Waals surface area contributed by atoms with Crippen LogP contribution in [0.2, 0.25) is 0 Å². The van der Waals surface area contributed by atoms with Gasteiger partial charge in [-0.2, -0.15) is 0 Å². The largest absolute Gasteiger partial charge is 0.504 e. The van der Waals surface area contributed by atoms with Gasteiger partial charge in [0.15, 0.2) is 11.5 Å². The first kappa shape index (κ1) is 13.8. The zero-order valence-corrected chi connectivity index (χ0v) is 12.7. The lowest BCUT2D eigenvalue weighted by molar-refractivity contribution is 0.0782. The molecular formula is C18H26O2. The Hall–Kier alpha value is -1.18. The van der Waals surface area contributed by atoms with E-state index in [9.17, 15) is 5.11 Å². The number of aliphatic hydroxyl groups excluding tert-OH is 1. The van der Waals surface area contributed by atoms with Gasteiger partial charge in [-0.1, -0.05) is 6.08 Å². The molecule has 2 saturated carbocycles. The summed E-state index contributed by atoms with van der Waals surface area (Å²) in [5.41, 5.74) is 1.56. The van der Waals surface area contributed by atoms with Gasteiger partial charge < -0.3 is 9.84 Å². The molecule has 20 heavy (non-hydrogen) atoms. The van der Waals surface area contributed by atoms with Crippen LogP contribution in [0.15, 0.2) is 35.8 Å². The molecule has 0 heterocycles. The lowest BCUT2D eigenvalue weighted by Crippen LogP contribution is -2.40. The number of aliphatic hydroxyl groups is 1. The number of allylic oxidation sites excluding steroid dienone is 3. The molecule has 2 fully saturated rings. The summed E-state index contributed by atoms with van der Waals surface area (Å²) >= 11 is 0. The van der Waals surface area contributed by atoms with Crippen LogP contribution in [0.1, 0.15) is 51.9 Å². The van der Waals surface area contributed by atoms with Crippen molar-refractivity contribution in [2.45, 2.75) is 51.9 Å². The predicted octanol–water partition coefficient (Wildman–Crippen LogP) is 4.90. The molecule has 2 bridgehead atoms. The summed E-state index contributed by atoms with van der Waals surface area (Å²) in [7, 11) is 1.66. The Morgan fingerprint density at radius 3 is 2.65 bits per heavy atom. The summed E-state index contributed by atoms with van der Waals surface area (Å²) in [4.78, 5) is 0. The van der Waals surface area contributed by atoms with Crippen molar-refractivity contribution in [3.8, 4) is 0 Å². The summed E-state index contributed by atoms with van der Waals surface area (Å²) in [6.07, 6.45) is 13.0. The number of ether oxygens (including phenoxy) is 1. The van der Waals surface area contributed by atoms with Crippen LogP contribution in [-0.4, -0.2) is 12.2 Å². The molecule has 0 aromatic heterocycles. The minimum absolute atomic E-state index is 0.0989. The molecule has 0 amide bonds. The summed E-state index contributed by atoms with van der Waals surface area (Å²) in [6.45, 7) is 6.04. The second kappa shape index (κ2) is 4.68. The Morgan fingerprint density at radius 1 is 1.45 bits per heavy atom. The van der Waals surface area contributed by atoms with Gasteiger partial charge in [-0.15, -0.1) is 6.58 Å². The monoisotopic (exact) mass is 274 g/mol. The minimum atomic E-state index is 0.0989. The molecule has 3 aliphatic carbocycles. The smallest absolute Gasteiger partial charge is 0.157 e. The van der Waals surface area contributed by atoms with Crippen LogP contribution >= 0.6 is 0 Å². The van der Waals surface area contributed by atoms with Crippen molar-refractivity contribution in [2.75, 3.05) is 7.11 Å². The fourth-order valence-corrected chi connectivity index (χ4v) is 5.13. The van der Waals surface area contributed by atoms with Crippen LogP contribution in [0.3, 0.4) is 0 Å². The highest BCUT2D eigenvalue weighted by atomic mass is 16.5. The van der Waals surface area contributed by atoms with Crippen molar-refractivity contribution in [2.24, 2.45) is 16.7 Å². The van der Waals surface area contributed by atoms with Crippen LogP contribution < -0.4 is 0 Å². The van der Waals surface area contributed by atoms with Crippen molar-refractivity contribution in [1.29, 1.82) is 0 Å². The average Bonchev–Trinajstić information content (AvgIpc) is 3.05. The van der Waals surface area contributed by atoms with E-state index in [2.05, 4.69) is 18.7 Å². The van der Waals surface area contributed by atoms with E-state index < -0.39 is 0 Å². The SMILES string of the molecule is C=CCC1(C23CCC(CC2)C3)C=C(OC)C(O)=C(C)C1. The van der Waals surface area contributed by atoms with Gasteiger partial charge in [0.05, 0.1) is 7.11 Å². The first-order chi connectivity index (χ1) is 9.56. The maximum absolute atomic E-state index is 10.2. The molecule has 2 nitrogen and oxygen atoms in total. The Morgan fingerprint density at radius 2 is 2.15 bits per heavy atom. The molecule has 3 aliphatic rings. The molecule has 1 atom stereocenters. The average molecular weight is 274 g/mol. The number of hydrogen-bond donors (Lipinski definition) is 1. The fourth-order valence-electron chi connectivity index (χ4n) is 5.13. The van der Waals surface area contributed by atoms with E-state index in [1.165, 1.54) is 32.1 Å². The lowest BCUT2D eigenvalue weighted by Gasteiger charge is -2.48. The van der Waals surface area contributed by atoms with Gasteiger partial charge in [0, 0.05) is 5.41 Å². The van der Waals surface area contributed by atoms with Crippen molar-refractivity contribution >= 4 is 0 Å². The molecule has 3 rings (SSSR count). The van der Waals surface area contributed by atoms with Crippen molar-refractivity contribution in [3.63, 3.8) is 0 Å². The molecule has 0 saturated heterocycles. The van der Waals surface area contributed by atoms with Crippen LogP contribution in [0.25, 0.3) is 0 Å². The summed E-state index contributed by atoms with van der Waals surface area (Å²) in [5, 5.41) is 10.2. The normalized spacial score (nSPS) is 39.9. The number of methoxy groups -OCH3 is 1. The molecule has 110 valence electrons. The molecular weight excluding hydrogens is 248 g/mol. The van der Waals surface area contributed by atoms with Gasteiger partial charge >= 0.3 is 0 Å². The highest BCUT2D eigenvalue weighted by molar-refractivity contribution is 5.35. The summed E-state index contributed by atoms with van der Waals surface area (Å²) in [6, 6.07) is 0. The van der Waals surface area contributed by atoms with Crippen LogP contribution in [0.4, 0.5) is 0 Å². The van der Waals surface area contributed by atoms with Gasteiger partial charge in [-0.05, 0) is 74.9 Å². The van der Waals surface area contributed by atoms with Crippen LogP contribution in [-0.2, 0) is 4.74 Å². The highest BCUT2D eigenvalue weighted by Crippen LogP contribution is 2.67. The zero-order valence-electron chi connectivity index (χ0n) is 12.7. The van der Waals surface area contributed by atoms with E-state index in [-0.39, 0.29) is 5.41 Å². The van der Waals surface area contributed by atoms with E-state index in [1.807, 2.05) is 6.92 Å². The third kappa shape index (κ3) is 1.77.